The molecule has 1 spiro atoms. The predicted octanol–water partition coefficient (Wildman–Crippen LogP) is 12.6. The monoisotopic (exact) mass is 639 g/mol. The standard InChI is InChI=1S/C47H29NO2/c1-2-14-32(15-3-1)48(33-23-22-30-12-4-5-13-31(30)26-33)34-24-25-43-44(27-34)50-45-28-38-37-18-8-11-21-41(37)47(42(38)29-46(45)49-43)39-19-9-6-16-35(39)36-17-7-10-20-40(36)47/h1-29H. The summed E-state index contributed by atoms with van der Waals surface area (Å²) in [5.41, 5.74) is 12.8. The van der Waals surface area contributed by atoms with E-state index in [9.17, 15) is 0 Å². The van der Waals surface area contributed by atoms with Gasteiger partial charge in [-0.15, -0.1) is 0 Å². The average molecular weight is 640 g/mol. The summed E-state index contributed by atoms with van der Waals surface area (Å²) in [6, 6.07) is 62.7. The number of benzene rings is 8. The molecule has 1 aliphatic heterocycles. The second kappa shape index (κ2) is 10.2. The molecule has 2 aliphatic carbocycles. The predicted molar refractivity (Wildman–Crippen MR) is 202 cm³/mol. The zero-order valence-corrected chi connectivity index (χ0v) is 27.0. The number of fused-ring (bicyclic) bond motifs is 13. The lowest BCUT2D eigenvalue weighted by Gasteiger charge is -2.31. The van der Waals surface area contributed by atoms with Crippen molar-refractivity contribution in [2.45, 2.75) is 5.41 Å². The zero-order chi connectivity index (χ0) is 32.8. The molecule has 3 nitrogen and oxygen atoms in total. The van der Waals surface area contributed by atoms with E-state index in [1.807, 2.05) is 12.1 Å². The summed E-state index contributed by atoms with van der Waals surface area (Å²) < 4.78 is 13.5. The molecule has 1 heterocycles. The Morgan fingerprint density at radius 2 is 0.840 bits per heavy atom. The first-order valence-corrected chi connectivity index (χ1v) is 17.1. The van der Waals surface area contributed by atoms with Crippen LogP contribution in [0.3, 0.4) is 0 Å². The zero-order valence-electron chi connectivity index (χ0n) is 27.0. The third-order valence-electron chi connectivity index (χ3n) is 10.7. The molecule has 8 aromatic rings. The van der Waals surface area contributed by atoms with Gasteiger partial charge in [0.15, 0.2) is 23.0 Å². The number of hydrogen-bond acceptors (Lipinski definition) is 3. The normalized spacial score (nSPS) is 13.7. The highest BCUT2D eigenvalue weighted by Crippen LogP contribution is 2.64. The lowest BCUT2D eigenvalue weighted by atomic mass is 9.70. The Labute approximate surface area is 290 Å². The first kappa shape index (κ1) is 27.4. The highest BCUT2D eigenvalue weighted by Gasteiger charge is 2.52. The van der Waals surface area contributed by atoms with Crippen LogP contribution in [0.15, 0.2) is 176 Å². The van der Waals surface area contributed by atoms with Gasteiger partial charge in [-0.3, -0.25) is 0 Å². The second-order valence-corrected chi connectivity index (χ2v) is 13.3. The van der Waals surface area contributed by atoms with E-state index in [0.29, 0.717) is 11.5 Å². The van der Waals surface area contributed by atoms with Gasteiger partial charge in [0.2, 0.25) is 0 Å². The molecule has 0 unspecified atom stereocenters. The van der Waals surface area contributed by atoms with Crippen LogP contribution in [0.25, 0.3) is 33.0 Å². The van der Waals surface area contributed by atoms with Crippen molar-refractivity contribution < 1.29 is 9.47 Å². The van der Waals surface area contributed by atoms with Crippen LogP contribution in [-0.4, -0.2) is 0 Å². The fourth-order valence-corrected chi connectivity index (χ4v) is 8.63. The molecule has 0 N–H and O–H groups in total. The van der Waals surface area contributed by atoms with Gasteiger partial charge in [0.25, 0.3) is 0 Å². The number of nitrogens with zero attached hydrogens (tertiary/aromatic N) is 1. The quantitative estimate of drug-likeness (QED) is 0.192. The largest absolute Gasteiger partial charge is 0.449 e. The molecule has 50 heavy (non-hydrogen) atoms. The van der Waals surface area contributed by atoms with Crippen LogP contribution in [0.1, 0.15) is 22.3 Å². The topological polar surface area (TPSA) is 21.7 Å². The number of para-hydroxylation sites is 1. The lowest BCUT2D eigenvalue weighted by Crippen LogP contribution is -2.25. The summed E-state index contributed by atoms with van der Waals surface area (Å²) in [6.45, 7) is 0. The fraction of sp³-hybridized carbons (Fsp3) is 0.0213. The molecule has 0 amide bonds. The van der Waals surface area contributed by atoms with E-state index in [4.69, 9.17) is 9.47 Å². The molecule has 234 valence electrons. The van der Waals surface area contributed by atoms with Gasteiger partial charge in [-0.25, -0.2) is 0 Å². The van der Waals surface area contributed by atoms with Gasteiger partial charge >= 0.3 is 0 Å². The van der Waals surface area contributed by atoms with Crippen LogP contribution < -0.4 is 14.4 Å². The van der Waals surface area contributed by atoms with Crippen molar-refractivity contribution in [1.29, 1.82) is 0 Å². The number of anilines is 3. The minimum atomic E-state index is -0.433. The summed E-state index contributed by atoms with van der Waals surface area (Å²) in [6.07, 6.45) is 0. The van der Waals surface area contributed by atoms with Crippen molar-refractivity contribution in [3.8, 4) is 45.3 Å². The summed E-state index contributed by atoms with van der Waals surface area (Å²) in [4.78, 5) is 2.27. The molecular weight excluding hydrogens is 611 g/mol. The smallest absolute Gasteiger partial charge is 0.172 e. The summed E-state index contributed by atoms with van der Waals surface area (Å²) >= 11 is 0. The van der Waals surface area contributed by atoms with Crippen molar-refractivity contribution in [2.75, 3.05) is 4.90 Å². The minimum absolute atomic E-state index is 0.433. The number of rotatable bonds is 3. The Bertz CT molecular complexity index is 2630. The fourth-order valence-electron chi connectivity index (χ4n) is 8.63. The van der Waals surface area contributed by atoms with Crippen molar-refractivity contribution in [3.05, 3.63) is 198 Å². The number of ether oxygens (including phenoxy) is 2. The SMILES string of the molecule is c1ccc(N(c2ccc3c(c2)Oc2cc4c(cc2O3)C2(c3ccccc3-c3ccccc32)c2ccccc2-4)c2ccc3ccccc3c2)cc1. The van der Waals surface area contributed by atoms with E-state index in [0.717, 1.165) is 28.6 Å². The minimum Gasteiger partial charge on any atom is -0.449 e. The van der Waals surface area contributed by atoms with Gasteiger partial charge in [0.1, 0.15) is 0 Å². The van der Waals surface area contributed by atoms with Gasteiger partial charge in [-0.1, -0.05) is 121 Å². The van der Waals surface area contributed by atoms with Gasteiger partial charge in [0.05, 0.1) is 11.1 Å². The Hall–Kier alpha value is -6.58. The van der Waals surface area contributed by atoms with E-state index in [2.05, 4.69) is 169 Å². The molecule has 3 aliphatic rings. The van der Waals surface area contributed by atoms with Gasteiger partial charge in [0, 0.05) is 17.4 Å². The third-order valence-corrected chi connectivity index (χ3v) is 10.7. The molecule has 0 atom stereocenters. The van der Waals surface area contributed by atoms with Crippen LogP contribution in [0.4, 0.5) is 17.1 Å². The van der Waals surface area contributed by atoms with Crippen molar-refractivity contribution >= 4 is 27.8 Å². The Balaban J connectivity index is 1.06. The van der Waals surface area contributed by atoms with E-state index < -0.39 is 5.41 Å². The molecular formula is C47H29NO2. The van der Waals surface area contributed by atoms with Crippen LogP contribution in [0.5, 0.6) is 23.0 Å². The Morgan fingerprint density at radius 1 is 0.320 bits per heavy atom. The third kappa shape index (κ3) is 3.69. The second-order valence-electron chi connectivity index (χ2n) is 13.3. The van der Waals surface area contributed by atoms with Crippen molar-refractivity contribution in [1.82, 2.24) is 0 Å². The maximum Gasteiger partial charge on any atom is 0.172 e. The molecule has 0 fully saturated rings. The first-order chi connectivity index (χ1) is 24.8. The lowest BCUT2D eigenvalue weighted by molar-refractivity contribution is 0.359. The van der Waals surface area contributed by atoms with E-state index in [-0.39, 0.29) is 0 Å². The number of hydrogen-bond donors (Lipinski definition) is 0. The summed E-state index contributed by atoms with van der Waals surface area (Å²) in [5, 5.41) is 2.40. The van der Waals surface area contributed by atoms with E-state index in [1.165, 1.54) is 55.3 Å². The van der Waals surface area contributed by atoms with Crippen molar-refractivity contribution in [3.63, 3.8) is 0 Å². The van der Waals surface area contributed by atoms with Gasteiger partial charge < -0.3 is 14.4 Å². The molecule has 0 bridgehead atoms. The maximum atomic E-state index is 6.79. The first-order valence-electron chi connectivity index (χ1n) is 17.1. The van der Waals surface area contributed by atoms with Crippen LogP contribution in [0.2, 0.25) is 0 Å². The summed E-state index contributed by atoms with van der Waals surface area (Å²) in [7, 11) is 0. The maximum absolute atomic E-state index is 6.79. The van der Waals surface area contributed by atoms with Gasteiger partial charge in [-0.2, -0.15) is 0 Å². The highest BCUT2D eigenvalue weighted by molar-refractivity contribution is 5.96. The van der Waals surface area contributed by atoms with Crippen LogP contribution >= 0.6 is 0 Å². The van der Waals surface area contributed by atoms with E-state index >= 15 is 0 Å². The molecule has 0 saturated heterocycles. The van der Waals surface area contributed by atoms with Gasteiger partial charge in [-0.05, 0) is 104 Å². The van der Waals surface area contributed by atoms with Crippen molar-refractivity contribution in [2.24, 2.45) is 0 Å². The molecule has 11 rings (SSSR count). The highest BCUT2D eigenvalue weighted by atomic mass is 16.6. The summed E-state index contributed by atoms with van der Waals surface area (Å²) in [5.74, 6) is 2.84. The molecule has 0 radical (unpaired) electrons. The van der Waals surface area contributed by atoms with E-state index in [1.54, 1.807) is 0 Å². The molecule has 8 aromatic carbocycles. The molecule has 0 saturated carbocycles. The Morgan fingerprint density at radius 3 is 1.56 bits per heavy atom. The van der Waals surface area contributed by atoms with Crippen LogP contribution in [0, 0.1) is 0 Å². The molecule has 0 aromatic heterocycles. The average Bonchev–Trinajstić information content (AvgIpc) is 3.63. The molecule has 3 heteroatoms. The Kier molecular flexibility index (Phi) is 5.59. The van der Waals surface area contributed by atoms with Crippen LogP contribution in [-0.2, 0) is 5.41 Å².